The first-order valence-corrected chi connectivity index (χ1v) is 22.9. The molecule has 7 N–H and O–H groups in total. The summed E-state index contributed by atoms with van der Waals surface area (Å²) in [5.41, 5.74) is 11.8. The van der Waals surface area contributed by atoms with Gasteiger partial charge in [-0.05, 0) is 32.4 Å². The molecule has 6 atom stereocenters. The minimum Gasteiger partial charge on any atom is -0.465 e. The van der Waals surface area contributed by atoms with E-state index in [0.29, 0.717) is 5.82 Å². The van der Waals surface area contributed by atoms with Gasteiger partial charge in [-0.2, -0.15) is 5.09 Å². The van der Waals surface area contributed by atoms with Gasteiger partial charge in [0.1, 0.15) is 47.4 Å². The number of primary amides is 1. The van der Waals surface area contributed by atoms with E-state index in [0.717, 1.165) is 25.7 Å². The number of aryl methyl sites for hydroxylation is 1. The molecule has 58 heavy (non-hydrogen) atoms. The number of hydrogen-bond acceptors (Lipinski definition) is 12. The summed E-state index contributed by atoms with van der Waals surface area (Å²) >= 11 is 0. The molecule has 16 heteroatoms. The van der Waals surface area contributed by atoms with Crippen LogP contribution in [0, 0.1) is 6.92 Å². The highest BCUT2D eigenvalue weighted by molar-refractivity contribution is 7.52. The molecule has 3 aromatic rings. The van der Waals surface area contributed by atoms with Crippen LogP contribution in [0.3, 0.4) is 0 Å². The number of unbranched alkanes of at least 4 members (excludes halogenated alkanes) is 17. The first-order valence-electron chi connectivity index (χ1n) is 21.3. The third kappa shape index (κ3) is 14.6. The van der Waals surface area contributed by atoms with Crippen molar-refractivity contribution in [1.82, 2.24) is 19.6 Å². The van der Waals surface area contributed by atoms with Crippen molar-refractivity contribution >= 4 is 36.5 Å². The van der Waals surface area contributed by atoms with Crippen molar-refractivity contribution in [3.63, 3.8) is 0 Å². The number of rotatable bonds is 29. The van der Waals surface area contributed by atoms with E-state index in [4.69, 9.17) is 30.0 Å². The van der Waals surface area contributed by atoms with Crippen LogP contribution in [0.2, 0.25) is 0 Å². The number of benzene rings is 1. The number of nitrogens with zero attached hydrogens (tertiary/aromatic N) is 3. The standard InChI is InChI=1S/C42H67N6O9P/c1-4-5-6-7-8-9-10-11-12-13-14-15-16-17-18-19-20-24-27-54-42(52)30(2)47-58(53,57-32-25-22-21-23-26-32)55-29-34-36(49)37(50)41(56-34)48-28-33(39(44)51)35-38(43)45-31(3)46-40(35)48/h21-23,25-26,28,30,34,36-37,41,49-50H,4-20,24,27,29H2,1-3H3,(H2,44,51)(H,47,53)(H2,43,45,46)/t30-,34+,36+,37+,41+,58?/m0/s1. The molecule has 4 rings (SSSR count). The molecule has 1 amide bonds. The predicted molar refractivity (Wildman–Crippen MR) is 224 cm³/mol. The zero-order valence-electron chi connectivity index (χ0n) is 34.7. The van der Waals surface area contributed by atoms with Gasteiger partial charge in [-0.1, -0.05) is 134 Å². The molecule has 2 aromatic heterocycles. The highest BCUT2D eigenvalue weighted by Crippen LogP contribution is 2.46. The number of aliphatic hydroxyl groups is 2. The van der Waals surface area contributed by atoms with Crippen LogP contribution in [-0.4, -0.2) is 74.2 Å². The highest BCUT2D eigenvalue weighted by Gasteiger charge is 2.46. The van der Waals surface area contributed by atoms with Gasteiger partial charge >= 0.3 is 13.7 Å². The van der Waals surface area contributed by atoms with Crippen LogP contribution in [-0.2, 0) is 23.4 Å². The number of carbonyl (C=O) groups excluding carboxylic acids is 2. The lowest BCUT2D eigenvalue weighted by Gasteiger charge is -2.24. The monoisotopic (exact) mass is 830 g/mol. The summed E-state index contributed by atoms with van der Waals surface area (Å²) in [6.07, 6.45) is 18.5. The Morgan fingerprint density at radius 3 is 1.98 bits per heavy atom. The number of amides is 1. The van der Waals surface area contributed by atoms with Crippen LogP contribution in [0.25, 0.3) is 11.0 Å². The van der Waals surface area contributed by atoms with Gasteiger partial charge in [0.25, 0.3) is 5.91 Å². The first-order chi connectivity index (χ1) is 27.9. The number of nitrogen functional groups attached to an aromatic ring is 1. The summed E-state index contributed by atoms with van der Waals surface area (Å²) in [4.78, 5) is 33.6. The number of nitrogens with one attached hydrogen (secondary N) is 1. The van der Waals surface area contributed by atoms with E-state index in [1.54, 1.807) is 37.3 Å². The van der Waals surface area contributed by atoms with Gasteiger partial charge in [0.05, 0.1) is 24.2 Å². The number of fused-ring (bicyclic) bond motifs is 1. The van der Waals surface area contributed by atoms with E-state index < -0.39 is 56.8 Å². The topological polar surface area (TPSA) is 223 Å². The summed E-state index contributed by atoms with van der Waals surface area (Å²) in [6, 6.07) is 7.18. The molecule has 1 aromatic carbocycles. The van der Waals surface area contributed by atoms with Crippen molar-refractivity contribution in [2.75, 3.05) is 18.9 Å². The fraction of sp³-hybridized carbons (Fsp3) is 0.667. The average molecular weight is 831 g/mol. The zero-order chi connectivity index (χ0) is 41.9. The molecular formula is C42H67N6O9P. The number of para-hydroxylation sites is 1. The molecule has 0 radical (unpaired) electrons. The number of carbonyl (C=O) groups is 2. The second-order valence-corrected chi connectivity index (χ2v) is 17.1. The minimum absolute atomic E-state index is 0.00328. The maximum absolute atomic E-state index is 14.1. The van der Waals surface area contributed by atoms with Gasteiger partial charge in [0.2, 0.25) is 0 Å². The van der Waals surface area contributed by atoms with Gasteiger partial charge < -0.3 is 40.2 Å². The molecule has 1 fully saturated rings. The van der Waals surface area contributed by atoms with E-state index in [2.05, 4.69) is 22.0 Å². The predicted octanol–water partition coefficient (Wildman–Crippen LogP) is 7.81. The summed E-state index contributed by atoms with van der Waals surface area (Å²) in [7, 11) is -4.31. The Kier molecular flexibility index (Phi) is 19.9. The first kappa shape index (κ1) is 47.1. The van der Waals surface area contributed by atoms with Crippen molar-refractivity contribution in [3.8, 4) is 5.75 Å². The van der Waals surface area contributed by atoms with Crippen LogP contribution < -0.4 is 21.1 Å². The Hall–Kier alpha value is -3.59. The Morgan fingerprint density at radius 2 is 1.43 bits per heavy atom. The summed E-state index contributed by atoms with van der Waals surface area (Å²) in [5.74, 6) is -0.920. The molecule has 0 saturated carbocycles. The van der Waals surface area contributed by atoms with Crippen LogP contribution in [0.15, 0.2) is 36.5 Å². The summed E-state index contributed by atoms with van der Waals surface area (Å²) in [6.45, 7) is 5.07. The highest BCUT2D eigenvalue weighted by atomic mass is 31.2. The number of esters is 1. The van der Waals surface area contributed by atoms with E-state index in [-0.39, 0.29) is 34.8 Å². The number of hydrogen-bond donors (Lipinski definition) is 5. The maximum Gasteiger partial charge on any atom is 0.459 e. The van der Waals surface area contributed by atoms with Crippen LogP contribution in [0.5, 0.6) is 5.75 Å². The second-order valence-electron chi connectivity index (χ2n) is 15.4. The van der Waals surface area contributed by atoms with Gasteiger partial charge in [0, 0.05) is 6.20 Å². The Labute approximate surface area is 343 Å². The van der Waals surface area contributed by atoms with Crippen LogP contribution in [0.4, 0.5) is 5.82 Å². The van der Waals surface area contributed by atoms with E-state index >= 15 is 0 Å². The van der Waals surface area contributed by atoms with E-state index in [1.165, 1.54) is 108 Å². The van der Waals surface area contributed by atoms with E-state index in [1.807, 2.05) is 0 Å². The van der Waals surface area contributed by atoms with E-state index in [9.17, 15) is 24.4 Å². The van der Waals surface area contributed by atoms with Gasteiger partial charge in [-0.25, -0.2) is 14.5 Å². The lowest BCUT2D eigenvalue weighted by atomic mass is 10.0. The van der Waals surface area contributed by atoms with Gasteiger partial charge in [-0.15, -0.1) is 0 Å². The number of aliphatic hydroxyl groups excluding tert-OH is 2. The molecule has 0 spiro atoms. The number of nitrogens with two attached hydrogens (primary N) is 2. The largest absolute Gasteiger partial charge is 0.465 e. The molecule has 1 saturated heterocycles. The third-order valence-corrected chi connectivity index (χ3v) is 12.2. The molecule has 0 bridgehead atoms. The Bertz CT molecular complexity index is 1740. The molecule has 1 unspecified atom stereocenters. The molecule has 1 aliphatic heterocycles. The van der Waals surface area contributed by atoms with Crippen LogP contribution >= 0.6 is 7.75 Å². The Morgan fingerprint density at radius 1 is 0.879 bits per heavy atom. The van der Waals surface area contributed by atoms with Crippen LogP contribution in [0.1, 0.15) is 152 Å². The molecule has 1 aliphatic rings. The van der Waals surface area contributed by atoms with Gasteiger partial charge in [-0.3, -0.25) is 14.1 Å². The lowest BCUT2D eigenvalue weighted by molar-refractivity contribution is -0.145. The number of aromatic nitrogens is 3. The number of anilines is 1. The van der Waals surface area contributed by atoms with Gasteiger partial charge in [0.15, 0.2) is 6.23 Å². The van der Waals surface area contributed by atoms with Crippen molar-refractivity contribution in [2.45, 2.75) is 167 Å². The van der Waals surface area contributed by atoms with Crippen molar-refractivity contribution in [3.05, 3.63) is 47.9 Å². The minimum atomic E-state index is -4.31. The average Bonchev–Trinajstić information content (AvgIpc) is 3.71. The molecular weight excluding hydrogens is 763 g/mol. The zero-order valence-corrected chi connectivity index (χ0v) is 35.6. The Balaban J connectivity index is 1.19. The molecule has 15 nitrogen and oxygen atoms in total. The normalized spacial score (nSPS) is 19.6. The quantitative estimate of drug-likeness (QED) is 0.0256. The number of ether oxygens (including phenoxy) is 2. The fourth-order valence-corrected chi connectivity index (χ4v) is 8.74. The lowest BCUT2D eigenvalue weighted by Crippen LogP contribution is -2.37. The SMILES string of the molecule is CCCCCCCCCCCCCCCCCCCCOC(=O)[C@H](C)NP(=O)(OC[C@H]1O[C@@H](n2cc(C(N)=O)c3c(N)nc(C)nc32)[C@H](O)[C@@H]1O)Oc1ccccc1. The maximum atomic E-state index is 14.1. The fourth-order valence-electron chi connectivity index (χ4n) is 7.24. The van der Waals surface area contributed by atoms with Crippen molar-refractivity contribution in [2.24, 2.45) is 5.73 Å². The molecule has 324 valence electrons. The van der Waals surface area contributed by atoms with Crippen molar-refractivity contribution < 1.29 is 42.9 Å². The molecule has 3 heterocycles. The third-order valence-electron chi connectivity index (χ3n) is 10.5. The smallest absolute Gasteiger partial charge is 0.459 e. The second kappa shape index (κ2) is 24.5. The molecule has 0 aliphatic carbocycles. The summed E-state index contributed by atoms with van der Waals surface area (Å²) in [5, 5.41) is 24.9. The summed E-state index contributed by atoms with van der Waals surface area (Å²) < 4.78 is 38.4. The van der Waals surface area contributed by atoms with Crippen molar-refractivity contribution in [1.29, 1.82) is 0 Å².